The molecule has 5 aliphatic carbocycles. The average molecular weight is 513 g/mol. The van der Waals surface area contributed by atoms with Crippen molar-refractivity contribution >= 4 is 11.9 Å². The van der Waals surface area contributed by atoms with E-state index < -0.39 is 0 Å². The molecule has 5 rings (SSSR count). The quantitative estimate of drug-likeness (QED) is 0.277. The third kappa shape index (κ3) is 3.88. The van der Waals surface area contributed by atoms with Crippen molar-refractivity contribution in [3.63, 3.8) is 0 Å². The van der Waals surface area contributed by atoms with Gasteiger partial charge < -0.3 is 9.47 Å². The van der Waals surface area contributed by atoms with Gasteiger partial charge in [0.2, 0.25) is 0 Å². The van der Waals surface area contributed by atoms with Crippen molar-refractivity contribution in [3.05, 3.63) is 11.6 Å². The van der Waals surface area contributed by atoms with Gasteiger partial charge in [-0.2, -0.15) is 0 Å². The summed E-state index contributed by atoms with van der Waals surface area (Å²) in [6.45, 7) is 20.4. The first-order chi connectivity index (χ1) is 17.0. The predicted octanol–water partition coefficient (Wildman–Crippen LogP) is 8.04. The van der Waals surface area contributed by atoms with Gasteiger partial charge in [0.25, 0.3) is 0 Å². The summed E-state index contributed by atoms with van der Waals surface area (Å²) in [5, 5.41) is 0. The van der Waals surface area contributed by atoms with Gasteiger partial charge in [0.05, 0.1) is 0 Å². The molecule has 4 nitrogen and oxygen atoms in total. The normalized spacial score (nSPS) is 47.8. The van der Waals surface area contributed by atoms with Gasteiger partial charge in [-0.3, -0.25) is 9.59 Å². The van der Waals surface area contributed by atoms with E-state index in [-0.39, 0.29) is 50.7 Å². The molecule has 5 aliphatic rings. The fourth-order valence-corrected chi connectivity index (χ4v) is 11.3. The zero-order chi connectivity index (χ0) is 27.2. The largest absolute Gasteiger partial charge is 0.462 e. The Hall–Kier alpha value is -1.32. The molecule has 0 heterocycles. The molecule has 0 radical (unpaired) electrons. The summed E-state index contributed by atoms with van der Waals surface area (Å²) in [6, 6.07) is 0. The molecule has 8 atom stereocenters. The summed E-state index contributed by atoms with van der Waals surface area (Å²) < 4.78 is 12.2. The van der Waals surface area contributed by atoms with Gasteiger partial charge in [-0.25, -0.2) is 0 Å². The number of carbonyl (C=O) groups is 2. The number of esters is 2. The highest BCUT2D eigenvalue weighted by Crippen LogP contribution is 2.74. The minimum Gasteiger partial charge on any atom is -0.462 e. The molecule has 0 aromatic rings. The number of hydrogen-bond acceptors (Lipinski definition) is 4. The van der Waals surface area contributed by atoms with Crippen LogP contribution in [0.25, 0.3) is 0 Å². The fourth-order valence-electron chi connectivity index (χ4n) is 11.3. The Bertz CT molecular complexity index is 1010. The zero-order valence-electron chi connectivity index (χ0n) is 25.1. The van der Waals surface area contributed by atoms with Crippen LogP contribution in [-0.4, -0.2) is 23.6 Å². The van der Waals surface area contributed by atoms with Gasteiger partial charge in [0.1, 0.15) is 11.7 Å². The van der Waals surface area contributed by atoms with Crippen molar-refractivity contribution in [3.8, 4) is 0 Å². The lowest BCUT2D eigenvalue weighted by Gasteiger charge is -2.70. The summed E-state index contributed by atoms with van der Waals surface area (Å²) in [7, 11) is 0. The van der Waals surface area contributed by atoms with Crippen LogP contribution in [0, 0.1) is 44.8 Å². The fraction of sp³-hybridized carbons (Fsp3) is 0.879. The Balaban J connectivity index is 1.53. The van der Waals surface area contributed by atoms with Crippen LogP contribution in [0.3, 0.4) is 0 Å². The number of ether oxygens (including phenoxy) is 2. The Morgan fingerprint density at radius 1 is 0.757 bits per heavy atom. The van der Waals surface area contributed by atoms with Crippen molar-refractivity contribution in [2.45, 2.75) is 138 Å². The molecule has 4 fully saturated rings. The lowest BCUT2D eigenvalue weighted by molar-refractivity contribution is -0.209. The summed E-state index contributed by atoms with van der Waals surface area (Å²) in [5.41, 5.74) is 2.09. The van der Waals surface area contributed by atoms with Gasteiger partial charge in [-0.1, -0.05) is 60.1 Å². The van der Waals surface area contributed by atoms with Gasteiger partial charge in [0, 0.05) is 31.6 Å². The summed E-state index contributed by atoms with van der Waals surface area (Å²) in [6.07, 6.45) is 13.6. The first-order valence-corrected chi connectivity index (χ1v) is 15.1. The molecular formula is C33H52O4. The van der Waals surface area contributed by atoms with Crippen LogP contribution in [0.4, 0.5) is 0 Å². The summed E-state index contributed by atoms with van der Waals surface area (Å²) in [5.74, 6) is 1.30. The molecule has 0 saturated heterocycles. The second kappa shape index (κ2) is 8.34. The van der Waals surface area contributed by atoms with E-state index in [0.717, 1.165) is 38.5 Å². The van der Waals surface area contributed by atoms with Crippen molar-refractivity contribution in [2.24, 2.45) is 44.8 Å². The predicted molar refractivity (Wildman–Crippen MR) is 147 cm³/mol. The topological polar surface area (TPSA) is 52.6 Å². The highest BCUT2D eigenvalue weighted by Gasteiger charge is 2.68. The minimum absolute atomic E-state index is 0.0143. The standard InChI is InChI=1S/C33H52O4/c1-21(34)36-27-13-16-30(7)23(29(27,5)6)10-14-31(8)24(30)11-15-32(9)25(31)12-17-33(37-22(2)35)19-18-28(3,4)20-26(32)33/h12,23-24,26-27H,10-11,13-20H2,1-9H3. The molecule has 4 heteroatoms. The highest BCUT2D eigenvalue weighted by atomic mass is 16.6. The van der Waals surface area contributed by atoms with Gasteiger partial charge in [0.15, 0.2) is 0 Å². The number of allylic oxidation sites excluding steroid dienone is 1. The second-order valence-corrected chi connectivity index (χ2v) is 15.9. The van der Waals surface area contributed by atoms with Gasteiger partial charge >= 0.3 is 11.9 Å². The Morgan fingerprint density at radius 3 is 2.00 bits per heavy atom. The van der Waals surface area contributed by atoms with Crippen LogP contribution in [0.15, 0.2) is 11.6 Å². The van der Waals surface area contributed by atoms with Crippen LogP contribution >= 0.6 is 0 Å². The zero-order valence-corrected chi connectivity index (χ0v) is 25.1. The number of fused-ring (bicyclic) bond motifs is 7. The van der Waals surface area contributed by atoms with Crippen LogP contribution in [0.1, 0.15) is 127 Å². The molecule has 0 aromatic carbocycles. The lowest BCUT2D eigenvalue weighted by atomic mass is 9.35. The first-order valence-electron chi connectivity index (χ1n) is 15.1. The van der Waals surface area contributed by atoms with E-state index in [2.05, 4.69) is 54.5 Å². The Kier molecular flexibility index (Phi) is 6.14. The maximum absolute atomic E-state index is 12.4. The molecule has 208 valence electrons. The Labute approximate surface area is 225 Å². The third-order valence-electron chi connectivity index (χ3n) is 12.9. The first kappa shape index (κ1) is 27.3. The SMILES string of the molecule is CC(=O)OC1CCC2(C)C3CCC4(C)C(=CCC5(OC(C)=O)CCC(C)(C)CC54)C3(C)CCC2C1(C)C. The average Bonchev–Trinajstić information content (AvgIpc) is 2.75. The molecule has 0 bridgehead atoms. The monoisotopic (exact) mass is 512 g/mol. The molecule has 8 unspecified atom stereocenters. The van der Waals surface area contributed by atoms with Gasteiger partial charge in [-0.15, -0.1) is 0 Å². The third-order valence-corrected chi connectivity index (χ3v) is 12.9. The maximum Gasteiger partial charge on any atom is 0.303 e. The number of rotatable bonds is 2. The molecule has 0 aromatic heterocycles. The van der Waals surface area contributed by atoms with Crippen LogP contribution in [-0.2, 0) is 19.1 Å². The molecule has 0 amide bonds. The van der Waals surface area contributed by atoms with E-state index in [1.54, 1.807) is 19.4 Å². The van der Waals surface area contributed by atoms with Crippen LogP contribution in [0.5, 0.6) is 0 Å². The molecule has 0 aliphatic heterocycles. The van der Waals surface area contributed by atoms with E-state index >= 15 is 0 Å². The van der Waals surface area contributed by atoms with E-state index in [1.807, 2.05) is 0 Å². The number of hydrogen-bond donors (Lipinski definition) is 0. The smallest absolute Gasteiger partial charge is 0.303 e. The summed E-state index contributed by atoms with van der Waals surface area (Å²) in [4.78, 5) is 24.3. The van der Waals surface area contributed by atoms with Crippen molar-refractivity contribution in [1.29, 1.82) is 0 Å². The minimum atomic E-state index is -0.339. The van der Waals surface area contributed by atoms with Crippen LogP contribution in [0.2, 0.25) is 0 Å². The Morgan fingerprint density at radius 2 is 1.38 bits per heavy atom. The molecule has 0 spiro atoms. The maximum atomic E-state index is 12.4. The second-order valence-electron chi connectivity index (χ2n) is 15.9. The molecular weight excluding hydrogens is 460 g/mol. The van der Waals surface area contributed by atoms with E-state index in [1.165, 1.54) is 25.7 Å². The van der Waals surface area contributed by atoms with Crippen molar-refractivity contribution in [1.82, 2.24) is 0 Å². The lowest BCUT2D eigenvalue weighted by Crippen LogP contribution is -2.64. The molecule has 4 saturated carbocycles. The van der Waals surface area contributed by atoms with Crippen molar-refractivity contribution in [2.75, 3.05) is 0 Å². The highest BCUT2D eigenvalue weighted by molar-refractivity contribution is 5.67. The number of carbonyl (C=O) groups excluding carboxylic acids is 2. The molecule has 0 N–H and O–H groups in total. The van der Waals surface area contributed by atoms with E-state index in [0.29, 0.717) is 17.8 Å². The van der Waals surface area contributed by atoms with Crippen LogP contribution < -0.4 is 0 Å². The van der Waals surface area contributed by atoms with Gasteiger partial charge in [-0.05, 0) is 91.3 Å². The van der Waals surface area contributed by atoms with E-state index in [4.69, 9.17) is 9.47 Å². The van der Waals surface area contributed by atoms with Crippen molar-refractivity contribution < 1.29 is 19.1 Å². The molecule has 37 heavy (non-hydrogen) atoms. The van der Waals surface area contributed by atoms with E-state index in [9.17, 15) is 9.59 Å². The summed E-state index contributed by atoms with van der Waals surface area (Å²) >= 11 is 0.